The van der Waals surface area contributed by atoms with E-state index in [-0.39, 0.29) is 13.0 Å². The monoisotopic (exact) mass is 479 g/mol. The average Bonchev–Trinajstić information content (AvgIpc) is 2.74. The maximum absolute atomic E-state index is 14.0. The second kappa shape index (κ2) is 10.3. The van der Waals surface area contributed by atoms with Crippen molar-refractivity contribution >= 4 is 38.7 Å². The third kappa shape index (κ3) is 5.76. The van der Waals surface area contributed by atoms with Crippen LogP contribution >= 0.6 is 11.8 Å². The molecule has 0 fully saturated rings. The van der Waals surface area contributed by atoms with Crippen LogP contribution in [-0.2, 0) is 26.2 Å². The summed E-state index contributed by atoms with van der Waals surface area (Å²) < 4.78 is 52.0. The fourth-order valence-corrected chi connectivity index (χ4v) is 4.85. The molecule has 10 heteroatoms. The Kier molecular flexibility index (Phi) is 7.70. The normalized spacial score (nSPS) is 12.6. The predicted octanol–water partition coefficient (Wildman–Crippen LogP) is 3.38. The summed E-state index contributed by atoms with van der Waals surface area (Å²) in [5.74, 6) is -1.28. The smallest absolute Gasteiger partial charge is 0.336 e. The molecule has 1 N–H and O–H groups in total. The van der Waals surface area contributed by atoms with Crippen molar-refractivity contribution in [3.63, 3.8) is 0 Å². The van der Waals surface area contributed by atoms with Gasteiger partial charge in [-0.05, 0) is 49.1 Å². The third-order valence-corrected chi connectivity index (χ3v) is 6.82. The Morgan fingerprint density at radius 3 is 2.69 bits per heavy atom. The molecule has 7 nitrogen and oxygen atoms in total. The van der Waals surface area contributed by atoms with Gasteiger partial charge in [0.2, 0.25) is 10.0 Å². The molecule has 170 valence electrons. The van der Waals surface area contributed by atoms with Crippen molar-refractivity contribution in [2.75, 3.05) is 12.0 Å². The lowest BCUT2D eigenvalue weighted by Crippen LogP contribution is -2.42. The Balaban J connectivity index is 1.81. The van der Waals surface area contributed by atoms with Crippen LogP contribution in [0.3, 0.4) is 0 Å². The summed E-state index contributed by atoms with van der Waals surface area (Å²) >= 11 is 1.42. The van der Waals surface area contributed by atoms with Crippen molar-refractivity contribution in [1.29, 1.82) is 0 Å². The number of rotatable bonds is 9. The van der Waals surface area contributed by atoms with Gasteiger partial charge < -0.3 is 9.15 Å². The Morgan fingerprint density at radius 1 is 1.22 bits per heavy atom. The van der Waals surface area contributed by atoms with Crippen LogP contribution in [0.25, 0.3) is 11.0 Å². The first kappa shape index (κ1) is 24.0. The Labute approximate surface area is 189 Å². The van der Waals surface area contributed by atoms with Crippen molar-refractivity contribution in [3.05, 3.63) is 75.9 Å². The van der Waals surface area contributed by atoms with E-state index in [1.807, 2.05) is 19.2 Å². The van der Waals surface area contributed by atoms with Crippen LogP contribution in [0.15, 0.2) is 62.6 Å². The van der Waals surface area contributed by atoms with Crippen LogP contribution < -0.4 is 10.3 Å². The molecule has 0 saturated heterocycles. The molecule has 2 aromatic carbocycles. The van der Waals surface area contributed by atoms with Crippen LogP contribution in [0.1, 0.15) is 17.5 Å². The van der Waals surface area contributed by atoms with Crippen molar-refractivity contribution in [2.45, 2.75) is 30.9 Å². The zero-order valence-corrected chi connectivity index (χ0v) is 19.1. The molecule has 0 aliphatic rings. The Hall–Kier alpha value is -2.69. The number of hydrogen-bond donors (Lipinski definition) is 1. The summed E-state index contributed by atoms with van der Waals surface area (Å²) in [7, 11) is -4.29. The maximum atomic E-state index is 14.0. The van der Waals surface area contributed by atoms with Gasteiger partial charge in [0.15, 0.2) is 0 Å². The fraction of sp³-hybridized carbons (Fsp3) is 0.273. The van der Waals surface area contributed by atoms with Crippen LogP contribution in [0.5, 0.6) is 0 Å². The van der Waals surface area contributed by atoms with Crippen molar-refractivity contribution in [2.24, 2.45) is 0 Å². The summed E-state index contributed by atoms with van der Waals surface area (Å²) in [6, 6.07) is 10.2. The molecule has 0 spiro atoms. The van der Waals surface area contributed by atoms with E-state index in [0.29, 0.717) is 22.3 Å². The first-order valence-corrected chi connectivity index (χ1v) is 12.5. The van der Waals surface area contributed by atoms with Gasteiger partial charge in [-0.2, -0.15) is 16.5 Å². The van der Waals surface area contributed by atoms with E-state index in [0.717, 1.165) is 17.7 Å². The predicted molar refractivity (Wildman–Crippen MR) is 121 cm³/mol. The van der Waals surface area contributed by atoms with E-state index in [2.05, 4.69) is 4.72 Å². The molecule has 1 aromatic heterocycles. The van der Waals surface area contributed by atoms with Crippen LogP contribution in [-0.4, -0.2) is 32.4 Å². The number of carbonyl (C=O) groups is 1. The molecule has 0 amide bonds. The number of esters is 1. The third-order valence-electron chi connectivity index (χ3n) is 4.67. The highest BCUT2D eigenvalue weighted by Crippen LogP contribution is 2.20. The number of carbonyl (C=O) groups excluding carboxylic acids is 1. The van der Waals surface area contributed by atoms with Crippen molar-refractivity contribution in [1.82, 2.24) is 4.72 Å². The molecular weight excluding hydrogens is 457 g/mol. The number of aryl methyl sites for hydroxylation is 1. The maximum Gasteiger partial charge on any atom is 0.336 e. The number of hydrogen-bond acceptors (Lipinski definition) is 7. The summed E-state index contributed by atoms with van der Waals surface area (Å²) in [4.78, 5) is 24.1. The molecule has 32 heavy (non-hydrogen) atoms. The van der Waals surface area contributed by atoms with Crippen LogP contribution in [0, 0.1) is 12.7 Å². The molecule has 0 aliphatic heterocycles. The molecule has 3 rings (SSSR count). The Bertz CT molecular complexity index is 1290. The molecule has 0 saturated carbocycles. The first-order chi connectivity index (χ1) is 15.2. The molecule has 1 heterocycles. The number of fused-ring (bicyclic) bond motifs is 1. The van der Waals surface area contributed by atoms with Crippen LogP contribution in [0.2, 0.25) is 0 Å². The summed E-state index contributed by atoms with van der Waals surface area (Å²) in [5.41, 5.74) is 1.11. The molecular formula is C22H22FNO6S2. The summed E-state index contributed by atoms with van der Waals surface area (Å²) in [5, 5.41) is 0.607. The van der Waals surface area contributed by atoms with E-state index in [9.17, 15) is 22.4 Å². The molecule has 0 radical (unpaired) electrons. The lowest BCUT2D eigenvalue weighted by Gasteiger charge is -2.18. The second-order valence-electron chi connectivity index (χ2n) is 7.08. The van der Waals surface area contributed by atoms with Gasteiger partial charge in [0.25, 0.3) is 0 Å². The largest absolute Gasteiger partial charge is 0.460 e. The first-order valence-electron chi connectivity index (χ1n) is 9.67. The quantitative estimate of drug-likeness (QED) is 0.371. The van der Waals surface area contributed by atoms with E-state index in [1.54, 1.807) is 12.1 Å². The highest BCUT2D eigenvalue weighted by atomic mass is 32.2. The highest BCUT2D eigenvalue weighted by molar-refractivity contribution is 7.98. The van der Waals surface area contributed by atoms with E-state index in [1.165, 1.54) is 30.0 Å². The average molecular weight is 480 g/mol. The number of thioether (sulfide) groups is 1. The fourth-order valence-electron chi connectivity index (χ4n) is 3.08. The molecule has 0 bridgehead atoms. The SMILES string of the molecule is CSCCC(NS(=O)(=O)c1ccccc1F)C(=O)OCc1cc(=O)oc2cc(C)ccc12. The zero-order valence-electron chi connectivity index (χ0n) is 17.5. The van der Waals surface area contributed by atoms with Gasteiger partial charge in [-0.1, -0.05) is 24.3 Å². The zero-order chi connectivity index (χ0) is 23.3. The standard InChI is InChI=1S/C22H22FNO6S2/c1-14-7-8-16-15(12-21(25)30-19(16)11-14)13-29-22(26)18(9-10-31-2)24-32(27,28)20-6-4-3-5-17(20)23/h3-8,11-12,18,24H,9-10,13H2,1-2H3. The number of sulfonamides is 1. The number of nitrogens with one attached hydrogen (secondary N) is 1. The van der Waals surface area contributed by atoms with E-state index >= 15 is 0 Å². The van der Waals surface area contributed by atoms with Gasteiger partial charge >= 0.3 is 11.6 Å². The van der Waals surface area contributed by atoms with Gasteiger partial charge in [0.1, 0.15) is 28.9 Å². The van der Waals surface area contributed by atoms with Gasteiger partial charge in [-0.3, -0.25) is 4.79 Å². The summed E-state index contributed by atoms with van der Waals surface area (Å²) in [6.07, 6.45) is 1.95. The van der Waals surface area contributed by atoms with Crippen LogP contribution in [0.4, 0.5) is 4.39 Å². The van der Waals surface area contributed by atoms with Gasteiger partial charge in [-0.15, -0.1) is 0 Å². The minimum Gasteiger partial charge on any atom is -0.460 e. The lowest BCUT2D eigenvalue weighted by molar-refractivity contribution is -0.147. The number of ether oxygens (including phenoxy) is 1. The van der Waals surface area contributed by atoms with Gasteiger partial charge in [0, 0.05) is 17.0 Å². The minimum atomic E-state index is -4.29. The minimum absolute atomic E-state index is 0.143. The summed E-state index contributed by atoms with van der Waals surface area (Å²) in [6.45, 7) is 1.60. The van der Waals surface area contributed by atoms with Gasteiger partial charge in [-0.25, -0.2) is 17.6 Å². The van der Waals surface area contributed by atoms with E-state index in [4.69, 9.17) is 9.15 Å². The highest BCUT2D eigenvalue weighted by Gasteiger charge is 2.28. The Morgan fingerprint density at radius 2 is 1.97 bits per heavy atom. The lowest BCUT2D eigenvalue weighted by atomic mass is 10.1. The van der Waals surface area contributed by atoms with Crippen molar-refractivity contribution in [3.8, 4) is 0 Å². The molecule has 0 aliphatic carbocycles. The van der Waals surface area contributed by atoms with E-state index < -0.39 is 38.4 Å². The van der Waals surface area contributed by atoms with Gasteiger partial charge in [0.05, 0.1) is 0 Å². The molecule has 1 atom stereocenters. The van der Waals surface area contributed by atoms with Crippen molar-refractivity contribution < 1.29 is 26.8 Å². The second-order valence-corrected chi connectivity index (χ2v) is 9.75. The molecule has 3 aromatic rings. The molecule has 1 unspecified atom stereocenters. The number of benzene rings is 2. The number of halogens is 1. The topological polar surface area (TPSA) is 103 Å².